The molecule has 1 amide bonds. The molecule has 2 aliphatic rings. The van der Waals surface area contributed by atoms with Gasteiger partial charge in [0.05, 0.1) is 6.61 Å². The summed E-state index contributed by atoms with van der Waals surface area (Å²) >= 11 is 0. The van der Waals surface area contributed by atoms with Gasteiger partial charge in [0.1, 0.15) is 6.10 Å². The van der Waals surface area contributed by atoms with Crippen LogP contribution in [-0.2, 0) is 14.3 Å². The number of methoxy groups -OCH3 is 1. The number of piperidine rings is 1. The molecular weight excluding hydrogens is 232 g/mol. The maximum absolute atomic E-state index is 11.9. The van der Waals surface area contributed by atoms with E-state index in [1.807, 2.05) is 0 Å². The summed E-state index contributed by atoms with van der Waals surface area (Å²) in [5.41, 5.74) is 0.0429. The molecule has 18 heavy (non-hydrogen) atoms. The number of rotatable bonds is 5. The zero-order valence-electron chi connectivity index (χ0n) is 11.2. The fraction of sp³-hybridized carbons (Fsp3) is 0.923. The molecule has 2 rings (SSSR count). The monoisotopic (exact) mass is 256 g/mol. The molecule has 0 bridgehead atoms. The average molecular weight is 256 g/mol. The Morgan fingerprint density at radius 1 is 1.56 bits per heavy atom. The van der Waals surface area contributed by atoms with Gasteiger partial charge in [0.15, 0.2) is 0 Å². The lowest BCUT2D eigenvalue weighted by molar-refractivity contribution is -0.130. The number of carbonyl (C=O) groups excluding carboxylic acids is 1. The quantitative estimate of drug-likeness (QED) is 0.742. The molecule has 0 aliphatic carbocycles. The number of ether oxygens (including phenoxy) is 2. The zero-order chi connectivity index (χ0) is 12.8. The highest BCUT2D eigenvalue weighted by Crippen LogP contribution is 2.26. The standard InChI is InChI=1S/C13H24N2O3/c1-17-10-13(5-3-6-14-8-13)9-15-12(16)11-4-2-7-18-11/h11,14H,2-10H2,1H3,(H,15,16). The molecule has 2 unspecified atom stereocenters. The topological polar surface area (TPSA) is 59.6 Å². The summed E-state index contributed by atoms with van der Waals surface area (Å²) < 4.78 is 10.7. The lowest BCUT2D eigenvalue weighted by Gasteiger charge is -2.37. The predicted octanol–water partition coefficient (Wildman–Crippen LogP) is 0.298. The molecule has 5 nitrogen and oxygen atoms in total. The first-order valence-electron chi connectivity index (χ1n) is 6.85. The highest BCUT2D eigenvalue weighted by atomic mass is 16.5. The van der Waals surface area contributed by atoms with E-state index in [0.717, 1.165) is 38.8 Å². The summed E-state index contributed by atoms with van der Waals surface area (Å²) in [6.45, 7) is 4.04. The van der Waals surface area contributed by atoms with Crippen molar-refractivity contribution in [3.8, 4) is 0 Å². The highest BCUT2D eigenvalue weighted by Gasteiger charge is 2.33. The van der Waals surface area contributed by atoms with E-state index in [1.165, 1.54) is 0 Å². The van der Waals surface area contributed by atoms with Gasteiger partial charge in [0, 0.05) is 32.2 Å². The van der Waals surface area contributed by atoms with E-state index in [-0.39, 0.29) is 17.4 Å². The van der Waals surface area contributed by atoms with Crippen molar-refractivity contribution in [2.24, 2.45) is 5.41 Å². The number of amides is 1. The van der Waals surface area contributed by atoms with Gasteiger partial charge in [0.25, 0.3) is 0 Å². The third-order valence-electron chi connectivity index (χ3n) is 3.87. The van der Waals surface area contributed by atoms with Crippen LogP contribution in [0.1, 0.15) is 25.7 Å². The molecule has 2 atom stereocenters. The van der Waals surface area contributed by atoms with Crippen LogP contribution in [-0.4, -0.2) is 52.0 Å². The van der Waals surface area contributed by atoms with Gasteiger partial charge < -0.3 is 20.1 Å². The van der Waals surface area contributed by atoms with Crippen LogP contribution in [0.25, 0.3) is 0 Å². The van der Waals surface area contributed by atoms with E-state index >= 15 is 0 Å². The first-order chi connectivity index (χ1) is 8.76. The van der Waals surface area contributed by atoms with Crippen LogP contribution in [0.15, 0.2) is 0 Å². The van der Waals surface area contributed by atoms with Crippen molar-refractivity contribution < 1.29 is 14.3 Å². The van der Waals surface area contributed by atoms with Crippen molar-refractivity contribution in [3.63, 3.8) is 0 Å². The van der Waals surface area contributed by atoms with Gasteiger partial charge in [0.2, 0.25) is 5.91 Å². The smallest absolute Gasteiger partial charge is 0.249 e. The second kappa shape index (κ2) is 6.50. The van der Waals surface area contributed by atoms with E-state index in [4.69, 9.17) is 9.47 Å². The van der Waals surface area contributed by atoms with Crippen LogP contribution in [0, 0.1) is 5.41 Å². The average Bonchev–Trinajstić information content (AvgIpc) is 2.91. The van der Waals surface area contributed by atoms with Crippen molar-refractivity contribution in [2.45, 2.75) is 31.8 Å². The number of hydrogen-bond donors (Lipinski definition) is 2. The van der Waals surface area contributed by atoms with Crippen molar-refractivity contribution in [1.82, 2.24) is 10.6 Å². The molecule has 2 N–H and O–H groups in total. The number of nitrogens with one attached hydrogen (secondary N) is 2. The van der Waals surface area contributed by atoms with Crippen molar-refractivity contribution in [3.05, 3.63) is 0 Å². The largest absolute Gasteiger partial charge is 0.384 e. The van der Waals surface area contributed by atoms with Gasteiger partial charge in [-0.05, 0) is 32.2 Å². The predicted molar refractivity (Wildman–Crippen MR) is 68.4 cm³/mol. The van der Waals surface area contributed by atoms with E-state index in [1.54, 1.807) is 7.11 Å². The summed E-state index contributed by atoms with van der Waals surface area (Å²) in [7, 11) is 1.72. The zero-order valence-corrected chi connectivity index (χ0v) is 11.2. The molecular formula is C13H24N2O3. The first kappa shape index (κ1) is 13.8. The summed E-state index contributed by atoms with van der Waals surface area (Å²) in [6, 6.07) is 0. The minimum atomic E-state index is -0.235. The normalized spacial score (nSPS) is 32.4. The summed E-state index contributed by atoms with van der Waals surface area (Å²) in [4.78, 5) is 11.9. The Morgan fingerprint density at radius 3 is 3.06 bits per heavy atom. The minimum Gasteiger partial charge on any atom is -0.384 e. The Morgan fingerprint density at radius 2 is 2.44 bits per heavy atom. The van der Waals surface area contributed by atoms with Crippen molar-refractivity contribution in [2.75, 3.05) is 40.0 Å². The molecule has 0 spiro atoms. The lowest BCUT2D eigenvalue weighted by atomic mass is 9.81. The Bertz CT molecular complexity index is 266. The van der Waals surface area contributed by atoms with Crippen LogP contribution in [0.3, 0.4) is 0 Å². The van der Waals surface area contributed by atoms with Gasteiger partial charge >= 0.3 is 0 Å². The molecule has 2 fully saturated rings. The molecule has 2 heterocycles. The molecule has 104 valence electrons. The molecule has 0 aromatic heterocycles. The number of hydrogen-bond acceptors (Lipinski definition) is 4. The first-order valence-corrected chi connectivity index (χ1v) is 6.85. The van der Waals surface area contributed by atoms with Gasteiger partial charge in [-0.1, -0.05) is 0 Å². The molecule has 5 heteroatoms. The van der Waals surface area contributed by atoms with Crippen molar-refractivity contribution in [1.29, 1.82) is 0 Å². The fourth-order valence-corrected chi connectivity index (χ4v) is 2.83. The van der Waals surface area contributed by atoms with Gasteiger partial charge in [-0.2, -0.15) is 0 Å². The second-order valence-corrected chi connectivity index (χ2v) is 5.43. The molecule has 0 saturated carbocycles. The summed E-state index contributed by atoms with van der Waals surface area (Å²) in [5, 5.41) is 6.43. The maximum Gasteiger partial charge on any atom is 0.249 e. The summed E-state index contributed by atoms with van der Waals surface area (Å²) in [5.74, 6) is 0.0357. The maximum atomic E-state index is 11.9. The molecule has 0 radical (unpaired) electrons. The van der Waals surface area contributed by atoms with Crippen molar-refractivity contribution >= 4 is 5.91 Å². The van der Waals surface area contributed by atoms with E-state index in [9.17, 15) is 4.79 Å². The number of carbonyl (C=O) groups is 1. The molecule has 0 aromatic carbocycles. The van der Waals surface area contributed by atoms with Crippen LogP contribution in [0.2, 0.25) is 0 Å². The van der Waals surface area contributed by atoms with E-state index in [2.05, 4.69) is 10.6 Å². The second-order valence-electron chi connectivity index (χ2n) is 5.43. The Kier molecular flexibility index (Phi) is 4.97. The Hall–Kier alpha value is -0.650. The fourth-order valence-electron chi connectivity index (χ4n) is 2.83. The lowest BCUT2D eigenvalue weighted by Crippen LogP contribution is -2.51. The minimum absolute atomic E-state index is 0.0357. The molecule has 2 aliphatic heterocycles. The molecule has 0 aromatic rings. The molecule has 2 saturated heterocycles. The van der Waals surface area contributed by atoms with Crippen LogP contribution >= 0.6 is 0 Å². The van der Waals surface area contributed by atoms with E-state index in [0.29, 0.717) is 19.8 Å². The van der Waals surface area contributed by atoms with E-state index < -0.39 is 0 Å². The Balaban J connectivity index is 1.82. The van der Waals surface area contributed by atoms with Crippen LogP contribution < -0.4 is 10.6 Å². The van der Waals surface area contributed by atoms with Gasteiger partial charge in [-0.25, -0.2) is 0 Å². The third-order valence-corrected chi connectivity index (χ3v) is 3.87. The Labute approximate surface area is 109 Å². The van der Waals surface area contributed by atoms with Gasteiger partial charge in [-0.15, -0.1) is 0 Å². The van der Waals surface area contributed by atoms with Gasteiger partial charge in [-0.3, -0.25) is 4.79 Å². The SMILES string of the molecule is COCC1(CNC(=O)C2CCCO2)CCCNC1. The van der Waals surface area contributed by atoms with Crippen LogP contribution in [0.5, 0.6) is 0 Å². The third kappa shape index (κ3) is 3.43. The summed E-state index contributed by atoms with van der Waals surface area (Å²) in [6.07, 6.45) is 3.84. The highest BCUT2D eigenvalue weighted by molar-refractivity contribution is 5.81. The van der Waals surface area contributed by atoms with Crippen LogP contribution in [0.4, 0.5) is 0 Å².